The van der Waals surface area contributed by atoms with Crippen LogP contribution in [0.1, 0.15) is 10.3 Å². The molecule has 1 aromatic heterocycles. The maximum Gasteiger partial charge on any atom is 0.0805 e. The molecule has 1 fully saturated rings. The van der Waals surface area contributed by atoms with Gasteiger partial charge in [0.05, 0.1) is 5.38 Å². The normalized spacial score (nSPS) is 21.7. The summed E-state index contributed by atoms with van der Waals surface area (Å²) in [6.45, 7) is 5.59. The summed E-state index contributed by atoms with van der Waals surface area (Å²) in [6, 6.07) is 4.19. The molecule has 1 saturated heterocycles. The summed E-state index contributed by atoms with van der Waals surface area (Å²) in [5, 5.41) is 2.25. The topological polar surface area (TPSA) is 6.48 Å². The van der Waals surface area contributed by atoms with Crippen molar-refractivity contribution in [3.05, 3.63) is 22.4 Å². The Morgan fingerprint density at radius 2 is 2.13 bits per heavy atom. The van der Waals surface area contributed by atoms with Gasteiger partial charge in [-0.3, -0.25) is 4.90 Å². The van der Waals surface area contributed by atoms with E-state index in [-0.39, 0.29) is 5.38 Å². The maximum atomic E-state index is 6.37. The van der Waals surface area contributed by atoms with E-state index in [0.29, 0.717) is 0 Å². The highest BCUT2D eigenvalue weighted by atomic mass is 35.5. The molecule has 4 heteroatoms. The van der Waals surface area contributed by atoms with E-state index in [1.807, 2.05) is 0 Å². The summed E-state index contributed by atoms with van der Waals surface area (Å²) in [5.74, 6) is 0. The van der Waals surface area contributed by atoms with Gasteiger partial charge < -0.3 is 4.90 Å². The van der Waals surface area contributed by atoms with Crippen molar-refractivity contribution >= 4 is 22.9 Å². The zero-order valence-electron chi connectivity index (χ0n) is 9.03. The molecule has 0 saturated carbocycles. The standard InChI is InChI=1S/C11H17ClN2S/c1-13-4-6-14(7-5-13)9-10(12)11-3-2-8-15-11/h2-3,8,10H,4-7,9H2,1H3. The molecule has 84 valence electrons. The van der Waals surface area contributed by atoms with E-state index in [9.17, 15) is 0 Å². The molecule has 2 heterocycles. The number of piperazine rings is 1. The molecule has 0 radical (unpaired) electrons. The molecule has 2 nitrogen and oxygen atoms in total. The van der Waals surface area contributed by atoms with Gasteiger partial charge in [-0.2, -0.15) is 0 Å². The maximum absolute atomic E-state index is 6.37. The Hall–Kier alpha value is -0.0900. The highest BCUT2D eigenvalue weighted by Crippen LogP contribution is 2.26. The highest BCUT2D eigenvalue weighted by molar-refractivity contribution is 7.10. The van der Waals surface area contributed by atoms with Crippen LogP contribution in [0.25, 0.3) is 0 Å². The Morgan fingerprint density at radius 3 is 2.73 bits per heavy atom. The highest BCUT2D eigenvalue weighted by Gasteiger charge is 2.18. The average molecular weight is 245 g/mol. The molecule has 0 amide bonds. The SMILES string of the molecule is CN1CCN(CC(Cl)c2cccs2)CC1. The molecule has 0 aromatic carbocycles. The lowest BCUT2D eigenvalue weighted by atomic mass is 10.2. The molecular weight excluding hydrogens is 228 g/mol. The fourth-order valence-electron chi connectivity index (χ4n) is 1.82. The van der Waals surface area contributed by atoms with E-state index in [2.05, 4.69) is 34.4 Å². The summed E-state index contributed by atoms with van der Waals surface area (Å²) in [4.78, 5) is 6.11. The first kappa shape index (κ1) is 11.4. The van der Waals surface area contributed by atoms with Crippen LogP contribution in [0.15, 0.2) is 17.5 Å². The van der Waals surface area contributed by atoms with Crippen LogP contribution in [-0.2, 0) is 0 Å². The Kier molecular flexibility index (Phi) is 4.03. The molecule has 1 aliphatic heterocycles. The molecule has 0 N–H and O–H groups in total. The number of hydrogen-bond donors (Lipinski definition) is 0. The van der Waals surface area contributed by atoms with Crippen molar-refractivity contribution in [1.82, 2.24) is 9.80 Å². The third-order valence-electron chi connectivity index (χ3n) is 2.87. The Morgan fingerprint density at radius 1 is 1.40 bits per heavy atom. The van der Waals surface area contributed by atoms with Crippen LogP contribution in [-0.4, -0.2) is 49.6 Å². The van der Waals surface area contributed by atoms with Crippen LogP contribution in [0.2, 0.25) is 0 Å². The second-order valence-electron chi connectivity index (χ2n) is 4.09. The summed E-state index contributed by atoms with van der Waals surface area (Å²) in [6.07, 6.45) is 0. The second kappa shape index (κ2) is 5.30. The zero-order chi connectivity index (χ0) is 10.7. The number of alkyl halides is 1. The first-order chi connectivity index (χ1) is 7.25. The number of likely N-dealkylation sites (N-methyl/N-ethyl adjacent to an activating group) is 1. The molecule has 1 unspecified atom stereocenters. The fraction of sp³-hybridized carbons (Fsp3) is 0.636. The third kappa shape index (κ3) is 3.18. The van der Waals surface area contributed by atoms with E-state index in [1.54, 1.807) is 11.3 Å². The van der Waals surface area contributed by atoms with Crippen molar-refractivity contribution in [2.45, 2.75) is 5.38 Å². The number of halogens is 1. The van der Waals surface area contributed by atoms with Crippen molar-refractivity contribution in [3.8, 4) is 0 Å². The van der Waals surface area contributed by atoms with E-state index < -0.39 is 0 Å². The summed E-state index contributed by atoms with van der Waals surface area (Å²) in [5.41, 5.74) is 0. The van der Waals surface area contributed by atoms with Crippen LogP contribution in [0, 0.1) is 0 Å². The minimum Gasteiger partial charge on any atom is -0.304 e. The van der Waals surface area contributed by atoms with Crippen molar-refractivity contribution in [2.24, 2.45) is 0 Å². The Labute approximate surface area is 100 Å². The van der Waals surface area contributed by atoms with Crippen LogP contribution >= 0.6 is 22.9 Å². The van der Waals surface area contributed by atoms with Crippen molar-refractivity contribution in [1.29, 1.82) is 0 Å². The quantitative estimate of drug-likeness (QED) is 0.753. The third-order valence-corrected chi connectivity index (χ3v) is 4.35. The van der Waals surface area contributed by atoms with Gasteiger partial charge in [0.2, 0.25) is 0 Å². The van der Waals surface area contributed by atoms with Gasteiger partial charge in [0, 0.05) is 37.6 Å². The smallest absolute Gasteiger partial charge is 0.0805 e. The van der Waals surface area contributed by atoms with Gasteiger partial charge in [0.1, 0.15) is 0 Å². The minimum atomic E-state index is 0.161. The van der Waals surface area contributed by atoms with Crippen LogP contribution in [0.4, 0.5) is 0 Å². The molecule has 0 aliphatic carbocycles. The fourth-order valence-corrected chi connectivity index (χ4v) is 2.93. The van der Waals surface area contributed by atoms with Gasteiger partial charge >= 0.3 is 0 Å². The second-order valence-corrected chi connectivity index (χ2v) is 5.59. The monoisotopic (exact) mass is 244 g/mol. The molecule has 15 heavy (non-hydrogen) atoms. The van der Waals surface area contributed by atoms with Gasteiger partial charge in [0.15, 0.2) is 0 Å². The largest absolute Gasteiger partial charge is 0.304 e. The predicted molar refractivity (Wildman–Crippen MR) is 66.9 cm³/mol. The summed E-state index contributed by atoms with van der Waals surface area (Å²) in [7, 11) is 2.18. The van der Waals surface area contributed by atoms with E-state index in [4.69, 9.17) is 11.6 Å². The van der Waals surface area contributed by atoms with Gasteiger partial charge in [-0.05, 0) is 18.5 Å². The van der Waals surface area contributed by atoms with Gasteiger partial charge in [-0.1, -0.05) is 6.07 Å². The van der Waals surface area contributed by atoms with Crippen molar-refractivity contribution < 1.29 is 0 Å². The lowest BCUT2D eigenvalue weighted by Gasteiger charge is -2.33. The van der Waals surface area contributed by atoms with Gasteiger partial charge in [-0.25, -0.2) is 0 Å². The first-order valence-corrected chi connectivity index (χ1v) is 6.65. The molecule has 0 spiro atoms. The van der Waals surface area contributed by atoms with Crippen molar-refractivity contribution in [2.75, 3.05) is 39.8 Å². The van der Waals surface area contributed by atoms with Gasteiger partial charge in [0.25, 0.3) is 0 Å². The Bertz CT molecular complexity index is 281. The zero-order valence-corrected chi connectivity index (χ0v) is 10.6. The molecule has 1 aromatic rings. The van der Waals surface area contributed by atoms with E-state index in [1.165, 1.54) is 4.88 Å². The van der Waals surface area contributed by atoms with E-state index in [0.717, 1.165) is 32.7 Å². The first-order valence-electron chi connectivity index (χ1n) is 5.34. The molecule has 1 aliphatic rings. The molecule has 1 atom stereocenters. The average Bonchev–Trinajstić information content (AvgIpc) is 2.74. The van der Waals surface area contributed by atoms with Crippen LogP contribution in [0.3, 0.4) is 0 Å². The minimum absolute atomic E-state index is 0.161. The Balaban J connectivity index is 1.82. The molecule has 2 rings (SSSR count). The number of hydrogen-bond acceptors (Lipinski definition) is 3. The number of rotatable bonds is 3. The molecular formula is C11H17ClN2S. The predicted octanol–water partition coefficient (Wildman–Crippen LogP) is 2.28. The number of thiophene rings is 1. The lowest BCUT2D eigenvalue weighted by Crippen LogP contribution is -2.45. The molecule has 0 bridgehead atoms. The van der Waals surface area contributed by atoms with E-state index >= 15 is 0 Å². The summed E-state index contributed by atoms with van der Waals surface area (Å²) >= 11 is 8.12. The lowest BCUT2D eigenvalue weighted by molar-refractivity contribution is 0.154. The summed E-state index contributed by atoms with van der Waals surface area (Å²) < 4.78 is 0. The van der Waals surface area contributed by atoms with Crippen molar-refractivity contribution in [3.63, 3.8) is 0 Å². The van der Waals surface area contributed by atoms with Crippen LogP contribution in [0.5, 0.6) is 0 Å². The van der Waals surface area contributed by atoms with Crippen LogP contribution < -0.4 is 0 Å². The number of nitrogens with zero attached hydrogens (tertiary/aromatic N) is 2. The van der Waals surface area contributed by atoms with Gasteiger partial charge in [-0.15, -0.1) is 22.9 Å².